The Labute approximate surface area is 76.7 Å². The zero-order valence-electron chi connectivity index (χ0n) is 6.97. The summed E-state index contributed by atoms with van der Waals surface area (Å²) in [5, 5.41) is 0.542. The number of halogens is 1. The monoisotopic (exact) mass is 182 g/mol. The van der Waals surface area contributed by atoms with E-state index in [9.17, 15) is 0 Å². The van der Waals surface area contributed by atoms with Gasteiger partial charge in [-0.1, -0.05) is 17.7 Å². The van der Waals surface area contributed by atoms with Crippen molar-refractivity contribution in [1.82, 2.24) is 4.98 Å². The van der Waals surface area contributed by atoms with Crippen LogP contribution in [0, 0.1) is 6.92 Å². The normalized spacial score (nSPS) is 19.2. The fourth-order valence-electron chi connectivity index (χ4n) is 1.46. The van der Waals surface area contributed by atoms with E-state index in [1.165, 1.54) is 0 Å². The smallest absolute Gasteiger partial charge is 0.129 e. The minimum atomic E-state index is -0.0956. The van der Waals surface area contributed by atoms with E-state index in [1.807, 2.05) is 13.0 Å². The molecule has 0 atom stereocenters. The van der Waals surface area contributed by atoms with E-state index in [1.54, 1.807) is 6.07 Å². The molecule has 2 rings (SSSR count). The highest BCUT2D eigenvalue weighted by Gasteiger charge is 2.41. The van der Waals surface area contributed by atoms with Gasteiger partial charge in [-0.15, -0.1) is 0 Å². The van der Waals surface area contributed by atoms with Crippen molar-refractivity contribution in [3.8, 4) is 0 Å². The van der Waals surface area contributed by atoms with E-state index in [2.05, 4.69) is 4.98 Å². The third kappa shape index (κ3) is 1.21. The van der Waals surface area contributed by atoms with E-state index in [0.717, 1.165) is 24.1 Å². The lowest BCUT2D eigenvalue weighted by atomic mass is 10.1. The molecule has 0 spiro atoms. The second-order valence-electron chi connectivity index (χ2n) is 3.42. The van der Waals surface area contributed by atoms with E-state index < -0.39 is 0 Å². The van der Waals surface area contributed by atoms with Crippen molar-refractivity contribution in [2.45, 2.75) is 25.3 Å². The van der Waals surface area contributed by atoms with Gasteiger partial charge in [-0.3, -0.25) is 0 Å². The predicted molar refractivity (Wildman–Crippen MR) is 49.1 cm³/mol. The molecule has 0 amide bonds. The number of aromatic nitrogens is 1. The van der Waals surface area contributed by atoms with Crippen molar-refractivity contribution in [3.05, 3.63) is 28.5 Å². The second-order valence-corrected chi connectivity index (χ2v) is 3.81. The summed E-state index contributed by atoms with van der Waals surface area (Å²) in [6.45, 7) is 1.95. The van der Waals surface area contributed by atoms with Crippen LogP contribution in [0.15, 0.2) is 12.1 Å². The van der Waals surface area contributed by atoms with Crippen LogP contribution in [0.2, 0.25) is 5.15 Å². The Balaban J connectivity index is 2.45. The Hall–Kier alpha value is -0.600. The first kappa shape index (κ1) is 8.02. The molecule has 12 heavy (non-hydrogen) atoms. The maximum absolute atomic E-state index is 6.04. The van der Waals surface area contributed by atoms with E-state index >= 15 is 0 Å². The van der Waals surface area contributed by atoms with Crippen LogP contribution in [0.4, 0.5) is 0 Å². The molecule has 0 bridgehead atoms. The number of pyridine rings is 1. The summed E-state index contributed by atoms with van der Waals surface area (Å²) in [5.41, 5.74) is 8.05. The number of hydrogen-bond donors (Lipinski definition) is 1. The van der Waals surface area contributed by atoms with Crippen LogP contribution >= 0.6 is 11.6 Å². The van der Waals surface area contributed by atoms with Crippen LogP contribution in [0.5, 0.6) is 0 Å². The van der Waals surface area contributed by atoms with Crippen LogP contribution in [-0.4, -0.2) is 4.98 Å². The lowest BCUT2D eigenvalue weighted by Crippen LogP contribution is -2.20. The lowest BCUT2D eigenvalue weighted by molar-refractivity contribution is 0.725. The molecule has 3 heteroatoms. The molecule has 0 unspecified atom stereocenters. The van der Waals surface area contributed by atoms with Gasteiger partial charge in [-0.25, -0.2) is 4.98 Å². The summed E-state index contributed by atoms with van der Waals surface area (Å²) < 4.78 is 0. The van der Waals surface area contributed by atoms with Crippen molar-refractivity contribution >= 4 is 11.6 Å². The highest BCUT2D eigenvalue weighted by Crippen LogP contribution is 2.43. The molecule has 0 aliphatic heterocycles. The molecular weight excluding hydrogens is 172 g/mol. The number of aryl methyl sites for hydroxylation is 1. The summed E-state index contributed by atoms with van der Waals surface area (Å²) in [6, 6.07) is 3.79. The van der Waals surface area contributed by atoms with E-state index in [0.29, 0.717) is 5.15 Å². The number of nitrogens with zero attached hydrogens (tertiary/aromatic N) is 1. The zero-order valence-corrected chi connectivity index (χ0v) is 7.73. The van der Waals surface area contributed by atoms with Gasteiger partial charge >= 0.3 is 0 Å². The SMILES string of the molecule is Cc1nc(Cl)ccc1C1(N)CC1. The first-order valence-corrected chi connectivity index (χ1v) is 4.42. The van der Waals surface area contributed by atoms with Crippen LogP contribution < -0.4 is 5.73 Å². The molecule has 0 aromatic carbocycles. The molecule has 0 saturated heterocycles. The average Bonchev–Trinajstić information content (AvgIpc) is 2.68. The maximum Gasteiger partial charge on any atom is 0.129 e. The molecule has 1 heterocycles. The molecule has 1 saturated carbocycles. The van der Waals surface area contributed by atoms with Crippen molar-refractivity contribution in [1.29, 1.82) is 0 Å². The van der Waals surface area contributed by atoms with Gasteiger partial charge in [0, 0.05) is 11.2 Å². The Morgan fingerprint density at radius 1 is 1.50 bits per heavy atom. The van der Waals surface area contributed by atoms with Crippen molar-refractivity contribution < 1.29 is 0 Å². The Morgan fingerprint density at radius 3 is 2.67 bits per heavy atom. The van der Waals surface area contributed by atoms with Gasteiger partial charge in [0.1, 0.15) is 5.15 Å². The van der Waals surface area contributed by atoms with Crippen LogP contribution in [0.25, 0.3) is 0 Å². The van der Waals surface area contributed by atoms with Crippen LogP contribution in [0.3, 0.4) is 0 Å². The summed E-state index contributed by atoms with van der Waals surface area (Å²) in [4.78, 5) is 4.17. The van der Waals surface area contributed by atoms with E-state index in [-0.39, 0.29) is 5.54 Å². The topological polar surface area (TPSA) is 38.9 Å². The average molecular weight is 183 g/mol. The van der Waals surface area contributed by atoms with Crippen molar-refractivity contribution in [2.75, 3.05) is 0 Å². The summed E-state index contributed by atoms with van der Waals surface area (Å²) in [5.74, 6) is 0. The van der Waals surface area contributed by atoms with Gasteiger partial charge in [-0.2, -0.15) is 0 Å². The lowest BCUT2D eigenvalue weighted by Gasteiger charge is -2.11. The Bertz CT molecular complexity index is 318. The molecule has 1 aromatic heterocycles. The number of rotatable bonds is 1. The number of nitrogens with two attached hydrogens (primary N) is 1. The Kier molecular flexibility index (Phi) is 1.63. The molecule has 1 aliphatic rings. The maximum atomic E-state index is 6.04. The van der Waals surface area contributed by atoms with Gasteiger partial charge in [0.15, 0.2) is 0 Å². The van der Waals surface area contributed by atoms with E-state index in [4.69, 9.17) is 17.3 Å². The molecule has 1 fully saturated rings. The minimum Gasteiger partial charge on any atom is -0.321 e. The predicted octanol–water partition coefficient (Wildman–Crippen LogP) is 1.99. The third-order valence-electron chi connectivity index (χ3n) is 2.38. The molecule has 0 radical (unpaired) electrons. The first-order valence-electron chi connectivity index (χ1n) is 4.04. The Morgan fingerprint density at radius 2 is 2.17 bits per heavy atom. The fraction of sp³-hybridized carbons (Fsp3) is 0.444. The highest BCUT2D eigenvalue weighted by molar-refractivity contribution is 6.29. The van der Waals surface area contributed by atoms with Gasteiger partial charge in [0.25, 0.3) is 0 Å². The molecule has 64 valence electrons. The highest BCUT2D eigenvalue weighted by atomic mass is 35.5. The molecule has 2 N–H and O–H groups in total. The quantitative estimate of drug-likeness (QED) is 0.675. The van der Waals surface area contributed by atoms with Gasteiger partial charge in [-0.05, 0) is 31.4 Å². The van der Waals surface area contributed by atoms with Gasteiger partial charge in [0.2, 0.25) is 0 Å². The van der Waals surface area contributed by atoms with Gasteiger partial charge in [0.05, 0.1) is 0 Å². The largest absolute Gasteiger partial charge is 0.321 e. The fourth-order valence-corrected chi connectivity index (χ4v) is 1.65. The second kappa shape index (κ2) is 2.44. The summed E-state index contributed by atoms with van der Waals surface area (Å²) in [6.07, 6.45) is 2.13. The van der Waals surface area contributed by atoms with Crippen LogP contribution in [0.1, 0.15) is 24.1 Å². The van der Waals surface area contributed by atoms with Crippen molar-refractivity contribution in [2.24, 2.45) is 5.73 Å². The molecule has 2 nitrogen and oxygen atoms in total. The third-order valence-corrected chi connectivity index (χ3v) is 2.59. The molecule has 1 aromatic rings. The summed E-state index contributed by atoms with van der Waals surface area (Å²) >= 11 is 5.74. The minimum absolute atomic E-state index is 0.0956. The van der Waals surface area contributed by atoms with Crippen LogP contribution in [-0.2, 0) is 5.54 Å². The molecular formula is C9H11ClN2. The van der Waals surface area contributed by atoms with Gasteiger partial charge < -0.3 is 5.73 Å². The summed E-state index contributed by atoms with van der Waals surface area (Å²) in [7, 11) is 0. The van der Waals surface area contributed by atoms with Crippen molar-refractivity contribution in [3.63, 3.8) is 0 Å². The molecule has 1 aliphatic carbocycles. The zero-order chi connectivity index (χ0) is 8.77. The standard InChI is InChI=1S/C9H11ClN2/c1-6-7(9(11)4-5-9)2-3-8(10)12-6/h2-3H,4-5,11H2,1H3. The first-order chi connectivity index (χ1) is 5.62. The number of hydrogen-bond acceptors (Lipinski definition) is 2.